The van der Waals surface area contributed by atoms with Crippen LogP contribution in [0.1, 0.15) is 57.9 Å². The van der Waals surface area contributed by atoms with Gasteiger partial charge in [-0.25, -0.2) is 0 Å². The van der Waals surface area contributed by atoms with Gasteiger partial charge in [-0.2, -0.15) is 0 Å². The Morgan fingerprint density at radius 2 is 1.16 bits per heavy atom. The molecule has 1 rings (SSSR count). The Kier molecular flexibility index (Phi) is 18.6. The number of aliphatic hydroxyl groups excluding tert-OH is 1. The van der Waals surface area contributed by atoms with E-state index in [9.17, 15) is 48.6 Å². The van der Waals surface area contributed by atoms with Crippen molar-refractivity contribution < 1.29 is 63.9 Å². The van der Waals surface area contributed by atoms with Crippen molar-refractivity contribution in [3.63, 3.8) is 0 Å². The molecule has 0 bridgehead atoms. The summed E-state index contributed by atoms with van der Waals surface area (Å²) in [6.45, 7) is 2.38. The van der Waals surface area contributed by atoms with E-state index in [4.69, 9.17) is 26.8 Å². The van der Waals surface area contributed by atoms with Gasteiger partial charge in [0.1, 0.15) is 36.0 Å². The van der Waals surface area contributed by atoms with Gasteiger partial charge in [0.25, 0.3) is 0 Å². The number of nitrogens with one attached hydrogen (secondary N) is 5. The predicted octanol–water partition coefficient (Wildman–Crippen LogP) is -3.36. The van der Waals surface area contributed by atoms with Gasteiger partial charge in [-0.3, -0.25) is 38.4 Å². The van der Waals surface area contributed by atoms with Crippen LogP contribution >= 0.6 is 0 Å². The number of carbonyl (C=O) groups is 8. The molecule has 5 amide bonds. The van der Waals surface area contributed by atoms with Gasteiger partial charge in [-0.15, -0.1) is 0 Å². The highest BCUT2D eigenvalue weighted by molar-refractivity contribution is 5.96. The van der Waals surface area contributed by atoms with Gasteiger partial charge in [-0.05, 0) is 63.8 Å². The summed E-state index contributed by atoms with van der Waals surface area (Å²) in [5.74, 6) is -8.95. The standard InChI is InChI=1S/C31H47N7O13/c1-15(31(50)51)34-27(46)21(10-12-24(43)44)36-30(49)25(16(2)39)38-29(48)22(14-17-5-7-18(40)8-6-17)37-28(47)20(4-3-13-32)35-26(45)19(33)9-11-23(41)42/h5-8,15-16,19-22,25,39-40H,3-4,9-14,32-33H2,1-2H3,(H,34,46)(H,35,45)(H,36,49)(H,37,47)(H,38,48)(H,41,42)(H,43,44)(H,50,51)/t15-,16+,19-,20-,21-,22-,25-/m0/s1. The average Bonchev–Trinajstić information content (AvgIpc) is 3.05. The molecule has 14 N–H and O–H groups in total. The summed E-state index contributed by atoms with van der Waals surface area (Å²) in [5.41, 5.74) is 11.8. The van der Waals surface area contributed by atoms with Crippen molar-refractivity contribution in [1.29, 1.82) is 0 Å². The molecule has 0 heterocycles. The molecule has 0 aliphatic rings. The fraction of sp³-hybridized carbons (Fsp3) is 0.548. The minimum absolute atomic E-state index is 0.00767. The maximum atomic E-state index is 13.7. The Labute approximate surface area is 292 Å². The molecule has 0 spiro atoms. The van der Waals surface area contributed by atoms with Crippen LogP contribution in [0, 0.1) is 0 Å². The number of aliphatic hydroxyl groups is 1. The second-order valence-electron chi connectivity index (χ2n) is 11.8. The molecule has 0 unspecified atom stereocenters. The summed E-state index contributed by atoms with van der Waals surface area (Å²) in [6.07, 6.45) is -3.35. The minimum Gasteiger partial charge on any atom is -0.508 e. The van der Waals surface area contributed by atoms with E-state index in [-0.39, 0.29) is 38.0 Å². The summed E-state index contributed by atoms with van der Waals surface area (Å²) in [7, 11) is 0. The van der Waals surface area contributed by atoms with E-state index in [0.717, 1.165) is 13.8 Å². The molecular formula is C31H47N7O13. The van der Waals surface area contributed by atoms with Crippen molar-refractivity contribution in [2.75, 3.05) is 6.54 Å². The number of amides is 5. The van der Waals surface area contributed by atoms with Crippen molar-refractivity contribution in [1.82, 2.24) is 26.6 Å². The molecule has 51 heavy (non-hydrogen) atoms. The number of nitrogens with two attached hydrogens (primary N) is 2. The molecule has 0 aliphatic heterocycles. The first kappa shape index (κ1) is 43.7. The smallest absolute Gasteiger partial charge is 0.325 e. The SMILES string of the molecule is C[C@H](NC(=O)[C@H](CCC(=O)O)NC(=O)[C@@H](NC(=O)[C@H](Cc1ccc(O)cc1)NC(=O)[C@H](CCCN)NC(=O)[C@@H](N)CCC(=O)O)[C@@H](C)O)C(=O)O. The average molecular weight is 726 g/mol. The highest BCUT2D eigenvalue weighted by Crippen LogP contribution is 2.13. The summed E-state index contributed by atoms with van der Waals surface area (Å²) in [5, 5.41) is 58.8. The van der Waals surface area contributed by atoms with Gasteiger partial charge in [0.05, 0.1) is 12.1 Å². The van der Waals surface area contributed by atoms with Crippen molar-refractivity contribution in [3.8, 4) is 5.75 Å². The van der Waals surface area contributed by atoms with Gasteiger partial charge < -0.3 is 63.6 Å². The number of carboxylic acid groups (broad SMARTS) is 3. The van der Waals surface area contributed by atoms with Crippen LogP contribution in [0.4, 0.5) is 0 Å². The highest BCUT2D eigenvalue weighted by Gasteiger charge is 2.34. The quantitative estimate of drug-likeness (QED) is 0.0524. The minimum atomic E-state index is -1.78. The van der Waals surface area contributed by atoms with Crippen LogP contribution in [0.5, 0.6) is 5.75 Å². The zero-order valence-corrected chi connectivity index (χ0v) is 28.2. The predicted molar refractivity (Wildman–Crippen MR) is 176 cm³/mol. The van der Waals surface area contributed by atoms with Crippen LogP contribution in [-0.4, -0.2) is 122 Å². The van der Waals surface area contributed by atoms with Crippen LogP contribution < -0.4 is 38.1 Å². The Balaban J connectivity index is 3.33. The molecule has 0 saturated heterocycles. The van der Waals surface area contributed by atoms with Crippen molar-refractivity contribution in [2.45, 2.75) is 101 Å². The molecule has 1 aromatic rings. The number of phenols is 1. The number of carbonyl (C=O) groups excluding carboxylic acids is 5. The normalized spacial score (nSPS) is 15.0. The number of hydrogen-bond acceptors (Lipinski definition) is 12. The fourth-order valence-corrected chi connectivity index (χ4v) is 4.46. The number of aliphatic carboxylic acids is 3. The summed E-state index contributed by atoms with van der Waals surface area (Å²) >= 11 is 0. The van der Waals surface area contributed by atoms with E-state index < -0.39 is 109 Å². The molecule has 0 radical (unpaired) electrons. The zero-order valence-electron chi connectivity index (χ0n) is 28.2. The second-order valence-corrected chi connectivity index (χ2v) is 11.8. The van der Waals surface area contributed by atoms with Gasteiger partial charge in [-0.1, -0.05) is 12.1 Å². The van der Waals surface area contributed by atoms with Crippen molar-refractivity contribution in [3.05, 3.63) is 29.8 Å². The lowest BCUT2D eigenvalue weighted by Crippen LogP contribution is -2.61. The van der Waals surface area contributed by atoms with E-state index >= 15 is 0 Å². The second kappa shape index (κ2) is 21.7. The number of aromatic hydroxyl groups is 1. The fourth-order valence-electron chi connectivity index (χ4n) is 4.46. The van der Waals surface area contributed by atoms with Gasteiger partial charge >= 0.3 is 17.9 Å². The molecule has 284 valence electrons. The molecule has 0 aliphatic carbocycles. The largest absolute Gasteiger partial charge is 0.508 e. The van der Waals surface area contributed by atoms with Crippen LogP contribution in [0.25, 0.3) is 0 Å². The number of hydrogen-bond donors (Lipinski definition) is 12. The maximum Gasteiger partial charge on any atom is 0.325 e. The van der Waals surface area contributed by atoms with Crippen LogP contribution in [0.3, 0.4) is 0 Å². The zero-order chi connectivity index (χ0) is 38.8. The van der Waals surface area contributed by atoms with Crippen LogP contribution in [-0.2, 0) is 44.8 Å². The Hall–Kier alpha value is -5.34. The van der Waals surface area contributed by atoms with E-state index in [2.05, 4.69) is 26.6 Å². The third kappa shape index (κ3) is 16.3. The molecule has 0 fully saturated rings. The van der Waals surface area contributed by atoms with Gasteiger partial charge in [0.2, 0.25) is 29.5 Å². The maximum absolute atomic E-state index is 13.7. The van der Waals surface area contributed by atoms with E-state index in [1.54, 1.807) is 0 Å². The lowest BCUT2D eigenvalue weighted by atomic mass is 10.0. The van der Waals surface area contributed by atoms with E-state index in [1.807, 2.05) is 0 Å². The molecule has 20 heteroatoms. The molecule has 0 saturated carbocycles. The first-order valence-corrected chi connectivity index (χ1v) is 16.0. The van der Waals surface area contributed by atoms with Crippen LogP contribution in [0.2, 0.25) is 0 Å². The lowest BCUT2D eigenvalue weighted by molar-refractivity contribution is -0.142. The molecular weight excluding hydrogens is 678 g/mol. The van der Waals surface area contributed by atoms with Gasteiger partial charge in [0, 0.05) is 19.3 Å². The van der Waals surface area contributed by atoms with Crippen molar-refractivity contribution >= 4 is 47.4 Å². The van der Waals surface area contributed by atoms with E-state index in [0.29, 0.717) is 5.56 Å². The summed E-state index contributed by atoms with van der Waals surface area (Å²) in [4.78, 5) is 99.1. The third-order valence-electron chi connectivity index (χ3n) is 7.42. The molecule has 7 atom stereocenters. The molecule has 1 aromatic carbocycles. The monoisotopic (exact) mass is 725 g/mol. The van der Waals surface area contributed by atoms with Crippen LogP contribution in [0.15, 0.2) is 24.3 Å². The first-order chi connectivity index (χ1) is 23.9. The first-order valence-electron chi connectivity index (χ1n) is 16.0. The number of benzene rings is 1. The number of rotatable bonds is 23. The topological polar surface area (TPSA) is 350 Å². The summed E-state index contributed by atoms with van der Waals surface area (Å²) < 4.78 is 0. The lowest BCUT2D eigenvalue weighted by Gasteiger charge is -2.28. The Morgan fingerprint density at radius 1 is 0.667 bits per heavy atom. The van der Waals surface area contributed by atoms with E-state index in [1.165, 1.54) is 24.3 Å². The Morgan fingerprint density at radius 3 is 1.69 bits per heavy atom. The number of phenolic OH excluding ortho intramolecular Hbond substituents is 1. The Bertz CT molecular complexity index is 1390. The molecule has 0 aromatic heterocycles. The van der Waals surface area contributed by atoms with Gasteiger partial charge in [0.15, 0.2) is 0 Å². The number of carboxylic acids is 3. The molecule has 20 nitrogen and oxygen atoms in total. The highest BCUT2D eigenvalue weighted by atomic mass is 16.4. The summed E-state index contributed by atoms with van der Waals surface area (Å²) in [6, 6.07) is -3.31. The third-order valence-corrected chi connectivity index (χ3v) is 7.42. The van der Waals surface area contributed by atoms with Crippen molar-refractivity contribution in [2.24, 2.45) is 11.5 Å².